The standard InChI is InChI=1S/C12H22N4OS/c1-12(2,17)9-6-5-7-16(9)8-10-13-11(15(3)4)18-14-10/h9,17H,5-8H2,1-4H3. The smallest absolute Gasteiger partial charge is 0.204 e. The third kappa shape index (κ3) is 2.99. The van der Waals surface area contributed by atoms with Crippen LogP contribution in [0.5, 0.6) is 0 Å². The van der Waals surface area contributed by atoms with Gasteiger partial charge in [-0.05, 0) is 33.2 Å². The molecule has 1 unspecified atom stereocenters. The summed E-state index contributed by atoms with van der Waals surface area (Å²) in [6.07, 6.45) is 2.19. The maximum Gasteiger partial charge on any atom is 0.204 e. The van der Waals surface area contributed by atoms with Crippen molar-refractivity contribution in [1.82, 2.24) is 14.3 Å². The van der Waals surface area contributed by atoms with Crippen LogP contribution in [0.2, 0.25) is 0 Å². The molecule has 1 aromatic rings. The summed E-state index contributed by atoms with van der Waals surface area (Å²) in [5.74, 6) is 0.861. The number of anilines is 1. The highest BCUT2D eigenvalue weighted by Crippen LogP contribution is 2.28. The maximum absolute atomic E-state index is 10.2. The number of aromatic nitrogens is 2. The van der Waals surface area contributed by atoms with E-state index in [2.05, 4.69) is 14.3 Å². The Kier molecular flexibility index (Phi) is 3.89. The molecule has 2 heterocycles. The molecule has 18 heavy (non-hydrogen) atoms. The van der Waals surface area contributed by atoms with Crippen molar-refractivity contribution in [3.05, 3.63) is 5.82 Å². The Hall–Kier alpha value is -0.720. The largest absolute Gasteiger partial charge is 0.389 e. The van der Waals surface area contributed by atoms with Crippen LogP contribution >= 0.6 is 11.5 Å². The topological polar surface area (TPSA) is 52.5 Å². The van der Waals surface area contributed by atoms with Crippen LogP contribution in [0.15, 0.2) is 0 Å². The quantitative estimate of drug-likeness (QED) is 0.895. The summed E-state index contributed by atoms with van der Waals surface area (Å²) in [4.78, 5) is 8.76. The lowest BCUT2D eigenvalue weighted by atomic mass is 9.97. The van der Waals surface area contributed by atoms with E-state index in [1.54, 1.807) is 0 Å². The summed E-state index contributed by atoms with van der Waals surface area (Å²) in [6, 6.07) is 0.212. The first-order chi connectivity index (χ1) is 8.38. The molecule has 0 aliphatic carbocycles. The van der Waals surface area contributed by atoms with Gasteiger partial charge in [0.05, 0.1) is 12.1 Å². The van der Waals surface area contributed by atoms with Gasteiger partial charge in [0, 0.05) is 31.7 Å². The summed E-state index contributed by atoms with van der Waals surface area (Å²) in [5, 5.41) is 11.1. The van der Waals surface area contributed by atoms with Crippen molar-refractivity contribution in [2.45, 2.75) is 44.9 Å². The fraction of sp³-hybridized carbons (Fsp3) is 0.833. The molecule has 102 valence electrons. The summed E-state index contributed by atoms with van der Waals surface area (Å²) in [6.45, 7) is 5.52. The van der Waals surface area contributed by atoms with Gasteiger partial charge in [-0.25, -0.2) is 4.98 Å². The first-order valence-corrected chi connectivity index (χ1v) is 7.11. The van der Waals surface area contributed by atoms with E-state index in [0.29, 0.717) is 0 Å². The second-order valence-electron chi connectivity index (χ2n) is 5.67. The van der Waals surface area contributed by atoms with Crippen molar-refractivity contribution in [2.75, 3.05) is 25.5 Å². The van der Waals surface area contributed by atoms with Crippen LogP contribution in [0.3, 0.4) is 0 Å². The van der Waals surface area contributed by atoms with E-state index in [9.17, 15) is 5.11 Å². The molecule has 1 aliphatic heterocycles. The van der Waals surface area contributed by atoms with Crippen molar-refractivity contribution >= 4 is 16.7 Å². The van der Waals surface area contributed by atoms with Gasteiger partial charge < -0.3 is 10.0 Å². The SMILES string of the molecule is CN(C)c1nc(CN2CCCC2C(C)(C)O)ns1. The first kappa shape index (κ1) is 13.7. The first-order valence-electron chi connectivity index (χ1n) is 6.34. The van der Waals surface area contributed by atoms with E-state index < -0.39 is 5.60 Å². The molecule has 1 atom stereocenters. The Balaban J connectivity index is 2.04. The van der Waals surface area contributed by atoms with Gasteiger partial charge in [0.25, 0.3) is 0 Å². The maximum atomic E-state index is 10.2. The van der Waals surface area contributed by atoms with Gasteiger partial charge >= 0.3 is 0 Å². The third-order valence-electron chi connectivity index (χ3n) is 3.36. The van der Waals surface area contributed by atoms with Crippen molar-refractivity contribution in [3.8, 4) is 0 Å². The van der Waals surface area contributed by atoms with Crippen LogP contribution in [0.1, 0.15) is 32.5 Å². The molecule has 1 fully saturated rings. The van der Waals surface area contributed by atoms with Crippen LogP contribution in [-0.2, 0) is 6.54 Å². The minimum absolute atomic E-state index is 0.212. The summed E-state index contributed by atoms with van der Waals surface area (Å²) in [7, 11) is 3.94. The molecule has 1 aliphatic rings. The Morgan fingerprint density at radius 3 is 2.78 bits per heavy atom. The molecule has 0 aromatic carbocycles. The molecule has 1 saturated heterocycles. The summed E-state index contributed by atoms with van der Waals surface area (Å²) < 4.78 is 4.38. The van der Waals surface area contributed by atoms with E-state index >= 15 is 0 Å². The monoisotopic (exact) mass is 270 g/mol. The molecule has 5 nitrogen and oxygen atoms in total. The van der Waals surface area contributed by atoms with Crippen LogP contribution in [0, 0.1) is 0 Å². The molecular weight excluding hydrogens is 248 g/mol. The number of likely N-dealkylation sites (tertiary alicyclic amines) is 1. The lowest BCUT2D eigenvalue weighted by Crippen LogP contribution is -2.45. The second-order valence-corrected chi connectivity index (χ2v) is 6.40. The predicted octanol–water partition coefficient (Wildman–Crippen LogP) is 1.34. The highest BCUT2D eigenvalue weighted by Gasteiger charge is 2.36. The van der Waals surface area contributed by atoms with E-state index in [0.717, 1.165) is 36.9 Å². The van der Waals surface area contributed by atoms with Gasteiger partial charge in [0.1, 0.15) is 0 Å². The number of hydrogen-bond acceptors (Lipinski definition) is 6. The van der Waals surface area contributed by atoms with E-state index in [-0.39, 0.29) is 6.04 Å². The molecular formula is C12H22N4OS. The minimum atomic E-state index is -0.656. The van der Waals surface area contributed by atoms with Crippen molar-refractivity contribution in [3.63, 3.8) is 0 Å². The number of rotatable bonds is 4. The molecule has 6 heteroatoms. The lowest BCUT2D eigenvalue weighted by Gasteiger charge is -2.33. The minimum Gasteiger partial charge on any atom is -0.389 e. The Morgan fingerprint density at radius 1 is 1.50 bits per heavy atom. The van der Waals surface area contributed by atoms with Gasteiger partial charge in [-0.2, -0.15) is 4.37 Å². The number of nitrogens with zero attached hydrogens (tertiary/aromatic N) is 4. The third-order valence-corrected chi connectivity index (χ3v) is 4.29. The molecule has 0 bridgehead atoms. The Labute approximate surface area is 113 Å². The molecule has 0 radical (unpaired) electrons. The number of aliphatic hydroxyl groups is 1. The zero-order valence-corrected chi connectivity index (χ0v) is 12.4. The fourth-order valence-electron chi connectivity index (χ4n) is 2.49. The second kappa shape index (κ2) is 5.11. The van der Waals surface area contributed by atoms with Gasteiger partial charge in [-0.1, -0.05) is 0 Å². The lowest BCUT2D eigenvalue weighted by molar-refractivity contribution is -0.00563. The molecule has 0 saturated carbocycles. The van der Waals surface area contributed by atoms with Gasteiger partial charge in [0.2, 0.25) is 5.13 Å². The van der Waals surface area contributed by atoms with Crippen LogP contribution in [0.4, 0.5) is 5.13 Å². The Bertz CT molecular complexity index is 399. The van der Waals surface area contributed by atoms with Crippen molar-refractivity contribution < 1.29 is 5.11 Å². The van der Waals surface area contributed by atoms with Gasteiger partial charge in [0.15, 0.2) is 5.82 Å². The molecule has 0 amide bonds. The zero-order valence-electron chi connectivity index (χ0n) is 11.6. The molecule has 1 aromatic heterocycles. The molecule has 0 spiro atoms. The van der Waals surface area contributed by atoms with Crippen LogP contribution < -0.4 is 4.90 Å². The average molecular weight is 270 g/mol. The normalized spacial score (nSPS) is 21.5. The van der Waals surface area contributed by atoms with E-state index in [1.165, 1.54) is 11.5 Å². The predicted molar refractivity (Wildman–Crippen MR) is 74.0 cm³/mol. The highest BCUT2D eigenvalue weighted by atomic mass is 32.1. The fourth-order valence-corrected chi connectivity index (χ4v) is 3.08. The van der Waals surface area contributed by atoms with Gasteiger partial charge in [-0.3, -0.25) is 4.90 Å². The molecule has 2 rings (SSSR count). The highest BCUT2D eigenvalue weighted by molar-refractivity contribution is 7.09. The van der Waals surface area contributed by atoms with Crippen molar-refractivity contribution in [2.24, 2.45) is 0 Å². The average Bonchev–Trinajstić information content (AvgIpc) is 2.85. The molecule has 1 N–H and O–H groups in total. The Morgan fingerprint density at radius 2 is 2.22 bits per heavy atom. The van der Waals surface area contributed by atoms with Gasteiger partial charge in [-0.15, -0.1) is 0 Å². The summed E-state index contributed by atoms with van der Waals surface area (Å²) in [5.41, 5.74) is -0.656. The van der Waals surface area contributed by atoms with E-state index in [4.69, 9.17) is 0 Å². The summed E-state index contributed by atoms with van der Waals surface area (Å²) >= 11 is 1.43. The van der Waals surface area contributed by atoms with Crippen LogP contribution in [-0.4, -0.2) is 51.6 Å². The zero-order chi connectivity index (χ0) is 13.3. The van der Waals surface area contributed by atoms with Crippen LogP contribution in [0.25, 0.3) is 0 Å². The van der Waals surface area contributed by atoms with Crippen molar-refractivity contribution in [1.29, 1.82) is 0 Å². The number of hydrogen-bond donors (Lipinski definition) is 1. The van der Waals surface area contributed by atoms with E-state index in [1.807, 2.05) is 32.8 Å².